The minimum Gasteiger partial charge on any atom is -0.507 e. The van der Waals surface area contributed by atoms with Crippen LogP contribution in [0.4, 0.5) is 0 Å². The number of nitrogens with zero attached hydrogens (tertiary/aromatic N) is 2. The largest absolute Gasteiger partial charge is 0.507 e. The third kappa shape index (κ3) is 5.28. The van der Waals surface area contributed by atoms with E-state index >= 15 is 0 Å². The zero-order valence-electron chi connectivity index (χ0n) is 21.0. The van der Waals surface area contributed by atoms with E-state index in [0.717, 1.165) is 25.2 Å². The van der Waals surface area contributed by atoms with Crippen molar-refractivity contribution >= 4 is 17.4 Å². The molecule has 3 heterocycles. The normalized spacial score (nSPS) is 21.3. The zero-order chi connectivity index (χ0) is 25.8. The van der Waals surface area contributed by atoms with Gasteiger partial charge in [-0.05, 0) is 49.2 Å². The van der Waals surface area contributed by atoms with Crippen LogP contribution >= 0.6 is 0 Å². The Labute approximate surface area is 216 Å². The van der Waals surface area contributed by atoms with Gasteiger partial charge in [0.25, 0.3) is 11.7 Å². The number of fused-ring (bicyclic) bond motifs is 1. The number of benzene rings is 2. The van der Waals surface area contributed by atoms with Crippen molar-refractivity contribution in [2.75, 3.05) is 59.2 Å². The average Bonchev–Trinajstić information content (AvgIpc) is 3.18. The number of hydrogen-bond donors (Lipinski definition) is 1. The summed E-state index contributed by atoms with van der Waals surface area (Å²) in [5.41, 5.74) is 1.19. The van der Waals surface area contributed by atoms with E-state index in [0.29, 0.717) is 68.8 Å². The summed E-state index contributed by atoms with van der Waals surface area (Å²) >= 11 is 0. The number of Topliss-reactive ketones (excluding diaryl/α,β-unsaturated/α-hetero) is 1. The van der Waals surface area contributed by atoms with Crippen molar-refractivity contribution in [3.63, 3.8) is 0 Å². The van der Waals surface area contributed by atoms with Crippen molar-refractivity contribution in [1.29, 1.82) is 0 Å². The van der Waals surface area contributed by atoms with Gasteiger partial charge in [0.05, 0.1) is 31.4 Å². The van der Waals surface area contributed by atoms with Gasteiger partial charge in [0.2, 0.25) is 0 Å². The second kappa shape index (κ2) is 11.2. The summed E-state index contributed by atoms with van der Waals surface area (Å²) in [4.78, 5) is 30.4. The van der Waals surface area contributed by atoms with Crippen molar-refractivity contribution < 1.29 is 33.6 Å². The van der Waals surface area contributed by atoms with Crippen molar-refractivity contribution in [2.45, 2.75) is 19.4 Å². The van der Waals surface area contributed by atoms with E-state index in [9.17, 15) is 14.7 Å². The van der Waals surface area contributed by atoms with Gasteiger partial charge in [-0.15, -0.1) is 0 Å². The molecule has 0 radical (unpaired) electrons. The summed E-state index contributed by atoms with van der Waals surface area (Å²) in [5, 5.41) is 11.4. The van der Waals surface area contributed by atoms with Crippen LogP contribution in [0.2, 0.25) is 0 Å². The zero-order valence-corrected chi connectivity index (χ0v) is 21.0. The molecule has 9 nitrogen and oxygen atoms in total. The number of likely N-dealkylation sites (tertiary alicyclic amines) is 1. The van der Waals surface area contributed by atoms with Gasteiger partial charge in [-0.3, -0.25) is 14.5 Å². The number of rotatable bonds is 8. The molecule has 1 N–H and O–H groups in total. The van der Waals surface area contributed by atoms with Gasteiger partial charge in [-0.2, -0.15) is 0 Å². The predicted molar refractivity (Wildman–Crippen MR) is 136 cm³/mol. The molecule has 196 valence electrons. The third-order valence-electron chi connectivity index (χ3n) is 6.84. The molecule has 0 spiro atoms. The van der Waals surface area contributed by atoms with E-state index in [-0.39, 0.29) is 11.3 Å². The Balaban J connectivity index is 1.48. The van der Waals surface area contributed by atoms with Gasteiger partial charge in [0.1, 0.15) is 24.7 Å². The fourth-order valence-corrected chi connectivity index (χ4v) is 5.01. The van der Waals surface area contributed by atoms with Crippen LogP contribution < -0.4 is 14.2 Å². The molecular formula is C28H32N2O7. The fraction of sp³-hybridized carbons (Fsp3) is 0.429. The average molecular weight is 509 g/mol. The molecule has 3 aliphatic heterocycles. The first-order valence-corrected chi connectivity index (χ1v) is 12.8. The molecule has 1 amide bonds. The van der Waals surface area contributed by atoms with Crippen molar-refractivity contribution in [3.8, 4) is 17.2 Å². The molecule has 2 fully saturated rings. The molecule has 1 atom stereocenters. The lowest BCUT2D eigenvalue weighted by Crippen LogP contribution is -2.38. The maximum Gasteiger partial charge on any atom is 0.295 e. The smallest absolute Gasteiger partial charge is 0.295 e. The summed E-state index contributed by atoms with van der Waals surface area (Å²) in [6, 6.07) is 11.6. The molecule has 0 bridgehead atoms. The Morgan fingerprint density at radius 1 is 0.973 bits per heavy atom. The summed E-state index contributed by atoms with van der Waals surface area (Å²) in [6.07, 6.45) is 0.699. The number of morpholine rings is 1. The van der Waals surface area contributed by atoms with E-state index < -0.39 is 17.7 Å². The highest BCUT2D eigenvalue weighted by Gasteiger charge is 2.46. The highest BCUT2D eigenvalue weighted by atomic mass is 16.6. The first kappa shape index (κ1) is 25.1. The van der Waals surface area contributed by atoms with E-state index in [1.165, 1.54) is 0 Å². The van der Waals surface area contributed by atoms with Gasteiger partial charge >= 0.3 is 0 Å². The lowest BCUT2D eigenvalue weighted by atomic mass is 9.95. The van der Waals surface area contributed by atoms with Crippen LogP contribution in [0, 0.1) is 0 Å². The molecule has 3 aliphatic rings. The summed E-state index contributed by atoms with van der Waals surface area (Å²) in [6.45, 7) is 7.58. The molecule has 0 saturated carbocycles. The first-order valence-electron chi connectivity index (χ1n) is 12.8. The summed E-state index contributed by atoms with van der Waals surface area (Å²) in [7, 11) is 0. The maximum atomic E-state index is 13.3. The number of aliphatic hydroxyl groups is 1. The molecule has 2 aromatic rings. The van der Waals surface area contributed by atoms with E-state index in [4.69, 9.17) is 18.9 Å². The molecule has 37 heavy (non-hydrogen) atoms. The highest BCUT2D eigenvalue weighted by molar-refractivity contribution is 6.46. The Bertz CT molecular complexity index is 1170. The quantitative estimate of drug-likeness (QED) is 0.330. The monoisotopic (exact) mass is 508 g/mol. The minimum atomic E-state index is -0.714. The maximum absolute atomic E-state index is 13.3. The van der Waals surface area contributed by atoms with E-state index in [2.05, 4.69) is 4.90 Å². The van der Waals surface area contributed by atoms with Crippen molar-refractivity contribution in [1.82, 2.24) is 9.80 Å². The Hall–Kier alpha value is -3.56. The number of aliphatic hydroxyl groups excluding tert-OH is 1. The van der Waals surface area contributed by atoms with Crippen LogP contribution in [0.5, 0.6) is 17.2 Å². The lowest BCUT2D eigenvalue weighted by molar-refractivity contribution is -0.140. The molecule has 2 aromatic carbocycles. The summed E-state index contributed by atoms with van der Waals surface area (Å²) < 4.78 is 22.2. The molecule has 5 rings (SSSR count). The van der Waals surface area contributed by atoms with Crippen LogP contribution in [0.25, 0.3) is 5.76 Å². The van der Waals surface area contributed by atoms with E-state index in [1.54, 1.807) is 23.1 Å². The van der Waals surface area contributed by atoms with Gasteiger partial charge in [0, 0.05) is 31.7 Å². The molecule has 0 aromatic heterocycles. The van der Waals surface area contributed by atoms with E-state index in [1.807, 2.05) is 31.2 Å². The van der Waals surface area contributed by atoms with Gasteiger partial charge in [-0.25, -0.2) is 0 Å². The number of ketones is 1. The topological polar surface area (TPSA) is 97.8 Å². The van der Waals surface area contributed by atoms with Crippen molar-refractivity contribution in [2.24, 2.45) is 0 Å². The number of carbonyl (C=O) groups is 2. The Kier molecular flexibility index (Phi) is 7.62. The first-order chi connectivity index (χ1) is 18.1. The SMILES string of the molecule is CCOc1ccc([C@H]2C(=C(O)c3ccc4c(c3)OCCO4)C(=O)C(=O)N2CCCN2CCOCC2)cc1. The Morgan fingerprint density at radius 2 is 1.70 bits per heavy atom. The van der Waals surface area contributed by atoms with Crippen LogP contribution in [0.1, 0.15) is 30.5 Å². The number of ether oxygens (including phenoxy) is 4. The van der Waals surface area contributed by atoms with Gasteiger partial charge < -0.3 is 29.0 Å². The Morgan fingerprint density at radius 3 is 2.43 bits per heavy atom. The fourth-order valence-electron chi connectivity index (χ4n) is 5.01. The molecular weight excluding hydrogens is 476 g/mol. The lowest BCUT2D eigenvalue weighted by Gasteiger charge is -2.29. The molecule has 0 aliphatic carbocycles. The standard InChI is InChI=1S/C28H32N2O7/c1-2-35-21-7-4-19(5-8-21)25-24(26(31)20-6-9-22-23(18-20)37-17-16-36-22)27(32)28(33)30(25)11-3-10-29-12-14-34-15-13-29/h4-9,18,25,31H,2-3,10-17H2,1H3/t25-/m0/s1. The second-order valence-corrected chi connectivity index (χ2v) is 9.16. The predicted octanol–water partition coefficient (Wildman–Crippen LogP) is 3.00. The van der Waals surface area contributed by atoms with Crippen LogP contribution in [-0.4, -0.2) is 85.8 Å². The van der Waals surface area contributed by atoms with Crippen LogP contribution in [0.15, 0.2) is 48.0 Å². The molecule has 0 unspecified atom stereocenters. The molecule has 9 heteroatoms. The van der Waals surface area contributed by atoms with Crippen molar-refractivity contribution in [3.05, 3.63) is 59.2 Å². The summed E-state index contributed by atoms with van der Waals surface area (Å²) in [5.74, 6) is 0.229. The third-order valence-corrected chi connectivity index (χ3v) is 6.84. The van der Waals surface area contributed by atoms with Crippen LogP contribution in [0.3, 0.4) is 0 Å². The minimum absolute atomic E-state index is 0.0669. The molecule has 2 saturated heterocycles. The second-order valence-electron chi connectivity index (χ2n) is 9.16. The van der Waals surface area contributed by atoms with Crippen LogP contribution in [-0.2, 0) is 14.3 Å². The number of carbonyl (C=O) groups excluding carboxylic acids is 2. The van der Waals surface area contributed by atoms with Gasteiger partial charge in [0.15, 0.2) is 11.5 Å². The number of hydrogen-bond acceptors (Lipinski definition) is 8. The number of amides is 1. The highest BCUT2D eigenvalue weighted by Crippen LogP contribution is 2.41. The van der Waals surface area contributed by atoms with Gasteiger partial charge in [-0.1, -0.05) is 12.1 Å².